The predicted octanol–water partition coefficient (Wildman–Crippen LogP) is 2.16. The van der Waals surface area contributed by atoms with Crippen LogP contribution in [0.5, 0.6) is 0 Å². The molecule has 0 saturated heterocycles. The Hall–Kier alpha value is -2.97. The maximum Gasteiger partial charge on any atom is 0.258 e. The number of nitrogens with zero attached hydrogens (tertiary/aromatic N) is 1. The molecule has 146 valence electrons. The van der Waals surface area contributed by atoms with Gasteiger partial charge in [-0.25, -0.2) is 13.6 Å². The minimum absolute atomic E-state index is 0.0116. The summed E-state index contributed by atoms with van der Waals surface area (Å²) in [6.07, 6.45) is 1.58. The molecule has 0 aliphatic carbocycles. The van der Waals surface area contributed by atoms with Crippen molar-refractivity contribution >= 4 is 26.7 Å². The first-order valence-corrected chi connectivity index (χ1v) is 10.3. The van der Waals surface area contributed by atoms with Gasteiger partial charge in [-0.15, -0.1) is 0 Å². The molecule has 0 spiro atoms. The number of primary sulfonamides is 1. The third-order valence-corrected chi connectivity index (χ3v) is 5.39. The molecule has 0 bridgehead atoms. The van der Waals surface area contributed by atoms with Crippen LogP contribution in [0.2, 0.25) is 0 Å². The number of nitrogens with one attached hydrogen (secondary N) is 1. The molecule has 7 nitrogen and oxygen atoms in total. The van der Waals surface area contributed by atoms with Crippen LogP contribution in [0, 0.1) is 0 Å². The Morgan fingerprint density at radius 1 is 1.07 bits per heavy atom. The summed E-state index contributed by atoms with van der Waals surface area (Å²) in [6.45, 7) is 3.97. The minimum atomic E-state index is -3.75. The minimum Gasteiger partial charge on any atom is -0.348 e. The molecule has 8 heteroatoms. The van der Waals surface area contributed by atoms with Crippen LogP contribution in [0.3, 0.4) is 0 Å². The fourth-order valence-corrected chi connectivity index (χ4v) is 3.47. The van der Waals surface area contributed by atoms with Gasteiger partial charge in [0.1, 0.15) is 0 Å². The van der Waals surface area contributed by atoms with Crippen LogP contribution < -0.4 is 16.0 Å². The molecular weight excluding hydrogens is 378 g/mol. The molecule has 0 saturated carbocycles. The molecule has 3 N–H and O–H groups in total. The van der Waals surface area contributed by atoms with Crippen LogP contribution in [-0.2, 0) is 16.6 Å². The van der Waals surface area contributed by atoms with Gasteiger partial charge in [0, 0.05) is 29.6 Å². The molecule has 0 atom stereocenters. The Morgan fingerprint density at radius 3 is 2.25 bits per heavy atom. The zero-order valence-electron chi connectivity index (χ0n) is 15.5. The van der Waals surface area contributed by atoms with Gasteiger partial charge in [-0.1, -0.05) is 30.3 Å². The van der Waals surface area contributed by atoms with Gasteiger partial charge in [0.2, 0.25) is 10.0 Å². The van der Waals surface area contributed by atoms with E-state index in [4.69, 9.17) is 5.14 Å². The molecule has 0 aliphatic rings. The molecule has 3 aromatic rings. The summed E-state index contributed by atoms with van der Waals surface area (Å²) >= 11 is 0. The van der Waals surface area contributed by atoms with E-state index in [0.717, 1.165) is 5.56 Å². The average Bonchev–Trinajstić information content (AvgIpc) is 2.66. The number of carbonyl (C=O) groups excluding carboxylic acids is 1. The monoisotopic (exact) mass is 399 g/mol. The van der Waals surface area contributed by atoms with Gasteiger partial charge in [0.25, 0.3) is 11.5 Å². The lowest BCUT2D eigenvalue weighted by Crippen LogP contribution is -2.28. The van der Waals surface area contributed by atoms with E-state index in [2.05, 4.69) is 5.32 Å². The third-order valence-electron chi connectivity index (χ3n) is 4.46. The van der Waals surface area contributed by atoms with E-state index in [1.165, 1.54) is 16.7 Å². The number of sulfonamides is 1. The number of pyridine rings is 1. The molecule has 28 heavy (non-hydrogen) atoms. The number of hydrogen-bond donors (Lipinski definition) is 2. The Kier molecular flexibility index (Phi) is 5.35. The standard InChI is InChI=1S/C20H21N3O4S/c1-13(2)23-12-18(16-5-3-4-6-17(16)20(23)25)19(24)22-11-14-7-9-15(10-8-14)28(21,26)27/h3-10,12-13H,11H2,1-2H3,(H,22,24)(H2,21,26,27). The Balaban J connectivity index is 1.90. The highest BCUT2D eigenvalue weighted by atomic mass is 32.2. The maximum absolute atomic E-state index is 12.8. The second kappa shape index (κ2) is 7.57. The summed E-state index contributed by atoms with van der Waals surface area (Å²) in [5.74, 6) is -0.318. The van der Waals surface area contributed by atoms with Crippen molar-refractivity contribution in [2.24, 2.45) is 5.14 Å². The van der Waals surface area contributed by atoms with Gasteiger partial charge in [-0.2, -0.15) is 0 Å². The van der Waals surface area contributed by atoms with Crippen LogP contribution in [0.15, 0.2) is 64.4 Å². The summed E-state index contributed by atoms with van der Waals surface area (Å²) in [5.41, 5.74) is 0.994. The molecule has 0 aliphatic heterocycles. The predicted molar refractivity (Wildman–Crippen MR) is 108 cm³/mol. The summed E-state index contributed by atoms with van der Waals surface area (Å²) in [7, 11) is -3.75. The molecule has 1 heterocycles. The van der Waals surface area contributed by atoms with Crippen molar-refractivity contribution in [1.82, 2.24) is 9.88 Å². The zero-order chi connectivity index (χ0) is 20.5. The van der Waals surface area contributed by atoms with Gasteiger partial charge in [-0.3, -0.25) is 9.59 Å². The second-order valence-corrected chi connectivity index (χ2v) is 8.33. The van der Waals surface area contributed by atoms with E-state index < -0.39 is 10.0 Å². The normalized spacial score (nSPS) is 11.7. The first-order chi connectivity index (χ1) is 13.2. The number of fused-ring (bicyclic) bond motifs is 1. The van der Waals surface area contributed by atoms with E-state index in [-0.39, 0.29) is 28.9 Å². The third kappa shape index (κ3) is 3.97. The molecule has 0 radical (unpaired) electrons. The molecule has 2 aromatic carbocycles. The van der Waals surface area contributed by atoms with Crippen molar-refractivity contribution in [2.75, 3.05) is 0 Å². The summed E-state index contributed by atoms with van der Waals surface area (Å²) in [4.78, 5) is 25.4. The van der Waals surface area contributed by atoms with Crippen molar-refractivity contribution in [1.29, 1.82) is 0 Å². The molecule has 1 aromatic heterocycles. The number of nitrogens with two attached hydrogens (primary N) is 1. The van der Waals surface area contributed by atoms with Crippen LogP contribution in [-0.4, -0.2) is 18.9 Å². The van der Waals surface area contributed by atoms with E-state index in [1.54, 1.807) is 42.6 Å². The number of hydrogen-bond acceptors (Lipinski definition) is 4. The number of benzene rings is 2. The van der Waals surface area contributed by atoms with E-state index in [1.807, 2.05) is 13.8 Å². The van der Waals surface area contributed by atoms with Crippen molar-refractivity contribution in [3.63, 3.8) is 0 Å². The number of amides is 1. The fourth-order valence-electron chi connectivity index (χ4n) is 2.95. The SMILES string of the molecule is CC(C)n1cc(C(=O)NCc2ccc(S(N)(=O)=O)cc2)c2ccccc2c1=O. The van der Waals surface area contributed by atoms with Gasteiger partial charge in [-0.05, 0) is 37.6 Å². The van der Waals surface area contributed by atoms with Crippen LogP contribution in [0.1, 0.15) is 35.8 Å². The Labute approximate surface area is 162 Å². The van der Waals surface area contributed by atoms with Crippen LogP contribution in [0.25, 0.3) is 10.8 Å². The van der Waals surface area contributed by atoms with Gasteiger partial charge < -0.3 is 9.88 Å². The lowest BCUT2D eigenvalue weighted by atomic mass is 10.1. The average molecular weight is 399 g/mol. The fraction of sp³-hybridized carbons (Fsp3) is 0.200. The lowest BCUT2D eigenvalue weighted by Gasteiger charge is -2.15. The molecule has 0 fully saturated rings. The largest absolute Gasteiger partial charge is 0.348 e. The highest BCUT2D eigenvalue weighted by molar-refractivity contribution is 7.89. The van der Waals surface area contributed by atoms with E-state index in [0.29, 0.717) is 16.3 Å². The zero-order valence-corrected chi connectivity index (χ0v) is 16.4. The first kappa shape index (κ1) is 19.8. The second-order valence-electron chi connectivity index (χ2n) is 6.77. The Morgan fingerprint density at radius 2 is 1.68 bits per heavy atom. The topological polar surface area (TPSA) is 111 Å². The van der Waals surface area contributed by atoms with Crippen molar-refractivity contribution < 1.29 is 13.2 Å². The number of aromatic nitrogens is 1. The van der Waals surface area contributed by atoms with Crippen molar-refractivity contribution in [2.45, 2.75) is 31.3 Å². The maximum atomic E-state index is 12.8. The number of rotatable bonds is 5. The van der Waals surface area contributed by atoms with Gasteiger partial charge >= 0.3 is 0 Å². The quantitative estimate of drug-likeness (QED) is 0.685. The van der Waals surface area contributed by atoms with Crippen LogP contribution >= 0.6 is 0 Å². The highest BCUT2D eigenvalue weighted by Crippen LogP contribution is 2.17. The summed E-state index contributed by atoms with van der Waals surface area (Å²) in [6, 6.07) is 12.9. The Bertz CT molecular complexity index is 1200. The van der Waals surface area contributed by atoms with Crippen LogP contribution in [0.4, 0.5) is 0 Å². The highest BCUT2D eigenvalue weighted by Gasteiger charge is 2.16. The summed E-state index contributed by atoms with van der Waals surface area (Å²) < 4.78 is 24.2. The smallest absolute Gasteiger partial charge is 0.258 e. The molecule has 0 unspecified atom stereocenters. The number of carbonyl (C=O) groups is 1. The summed E-state index contributed by atoms with van der Waals surface area (Å²) in [5, 5.41) is 8.98. The van der Waals surface area contributed by atoms with E-state index in [9.17, 15) is 18.0 Å². The molecular formula is C20H21N3O4S. The molecule has 3 rings (SSSR count). The van der Waals surface area contributed by atoms with Crippen molar-refractivity contribution in [3.05, 3.63) is 76.2 Å². The first-order valence-electron chi connectivity index (χ1n) is 8.72. The molecule has 1 amide bonds. The lowest BCUT2D eigenvalue weighted by molar-refractivity contribution is 0.0951. The van der Waals surface area contributed by atoms with Gasteiger partial charge in [0.05, 0.1) is 10.5 Å². The van der Waals surface area contributed by atoms with Gasteiger partial charge in [0.15, 0.2) is 0 Å². The van der Waals surface area contributed by atoms with E-state index >= 15 is 0 Å². The van der Waals surface area contributed by atoms with Crippen molar-refractivity contribution in [3.8, 4) is 0 Å².